The van der Waals surface area contributed by atoms with Gasteiger partial charge in [0.2, 0.25) is 0 Å². The van der Waals surface area contributed by atoms with E-state index in [4.69, 9.17) is 4.74 Å². The Bertz CT molecular complexity index is 925. The molecule has 0 saturated heterocycles. The van der Waals surface area contributed by atoms with Crippen molar-refractivity contribution in [2.75, 3.05) is 18.6 Å². The highest BCUT2D eigenvalue weighted by molar-refractivity contribution is 7.98. The number of aryl methyl sites for hydroxylation is 2. The number of hydrogen-bond donors (Lipinski definition) is 1. The van der Waals surface area contributed by atoms with E-state index >= 15 is 0 Å². The molecule has 27 heavy (non-hydrogen) atoms. The van der Waals surface area contributed by atoms with Crippen LogP contribution in [0.4, 0.5) is 0 Å². The smallest absolute Gasteiger partial charge is 0.258 e. The van der Waals surface area contributed by atoms with E-state index in [2.05, 4.69) is 15.5 Å². The van der Waals surface area contributed by atoms with E-state index in [9.17, 15) is 4.79 Å². The number of thioether (sulfide) groups is 1. The van der Waals surface area contributed by atoms with Crippen molar-refractivity contribution in [2.24, 2.45) is 0 Å². The molecule has 0 spiro atoms. The van der Waals surface area contributed by atoms with Gasteiger partial charge < -0.3 is 10.1 Å². The summed E-state index contributed by atoms with van der Waals surface area (Å²) in [6, 6.07) is 11.3. The molecule has 3 aromatic rings. The zero-order chi connectivity index (χ0) is 19.2. The Balaban J connectivity index is 1.68. The average Bonchev–Trinajstić information content (AvgIpc) is 3.10. The van der Waals surface area contributed by atoms with Crippen LogP contribution in [0.25, 0.3) is 5.65 Å². The fraction of sp³-hybridized carbons (Fsp3) is 0.350. The topological polar surface area (TPSA) is 68.5 Å². The Morgan fingerprint density at radius 3 is 2.85 bits per heavy atom. The molecule has 3 rings (SSSR count). The molecule has 0 fully saturated rings. The lowest BCUT2D eigenvalue weighted by atomic mass is 10.1. The van der Waals surface area contributed by atoms with E-state index < -0.39 is 0 Å². The normalized spacial score (nSPS) is 12.1. The summed E-state index contributed by atoms with van der Waals surface area (Å²) in [5, 5.41) is 11.5. The number of carbonyl (C=O) groups is 1. The molecule has 1 aromatic carbocycles. The second-order valence-corrected chi connectivity index (χ2v) is 7.41. The standard InChI is InChI=1S/C20H24N4O2S/c1-14-7-8-16(12-15(14)2)26-13-19(25)21-17(9-11-27-3)20-23-22-18-6-4-5-10-24(18)20/h4-8,10,12,17H,9,11,13H2,1-3H3,(H,21,25)/t17-/m1/s1. The summed E-state index contributed by atoms with van der Waals surface area (Å²) in [5.74, 6) is 2.16. The van der Waals surface area contributed by atoms with Crippen LogP contribution in [-0.2, 0) is 4.79 Å². The van der Waals surface area contributed by atoms with Crippen LogP contribution < -0.4 is 10.1 Å². The molecule has 0 aliphatic rings. The molecular weight excluding hydrogens is 360 g/mol. The number of rotatable bonds is 8. The summed E-state index contributed by atoms with van der Waals surface area (Å²) in [4.78, 5) is 12.5. The Morgan fingerprint density at radius 2 is 2.07 bits per heavy atom. The second kappa shape index (κ2) is 8.90. The van der Waals surface area contributed by atoms with Crippen LogP contribution in [0.3, 0.4) is 0 Å². The number of benzene rings is 1. The predicted molar refractivity (Wildman–Crippen MR) is 108 cm³/mol. The summed E-state index contributed by atoms with van der Waals surface area (Å²) < 4.78 is 7.57. The third-order valence-corrected chi connectivity index (χ3v) is 5.09. The number of nitrogens with zero attached hydrogens (tertiary/aromatic N) is 3. The van der Waals surface area contributed by atoms with Gasteiger partial charge in [0.1, 0.15) is 5.75 Å². The van der Waals surface area contributed by atoms with Gasteiger partial charge in [-0.25, -0.2) is 0 Å². The molecule has 0 unspecified atom stereocenters. The first-order chi connectivity index (χ1) is 13.1. The molecule has 0 aliphatic carbocycles. The Morgan fingerprint density at radius 1 is 1.22 bits per heavy atom. The fourth-order valence-electron chi connectivity index (χ4n) is 2.79. The molecule has 6 nitrogen and oxygen atoms in total. The quantitative estimate of drug-likeness (QED) is 0.645. The fourth-order valence-corrected chi connectivity index (χ4v) is 3.26. The van der Waals surface area contributed by atoms with Crippen LogP contribution >= 0.6 is 11.8 Å². The van der Waals surface area contributed by atoms with Gasteiger partial charge in [-0.15, -0.1) is 10.2 Å². The minimum absolute atomic E-state index is 0.0327. The van der Waals surface area contributed by atoms with Crippen LogP contribution in [0.5, 0.6) is 5.75 Å². The van der Waals surface area contributed by atoms with Crippen molar-refractivity contribution in [2.45, 2.75) is 26.3 Å². The van der Waals surface area contributed by atoms with Crippen LogP contribution in [0, 0.1) is 13.8 Å². The maximum Gasteiger partial charge on any atom is 0.258 e. The van der Waals surface area contributed by atoms with Gasteiger partial charge in [0.05, 0.1) is 6.04 Å². The van der Waals surface area contributed by atoms with Crippen LogP contribution in [0.15, 0.2) is 42.6 Å². The number of pyridine rings is 1. The highest BCUT2D eigenvalue weighted by Crippen LogP contribution is 2.19. The Hall–Kier alpha value is -2.54. The number of amides is 1. The highest BCUT2D eigenvalue weighted by atomic mass is 32.2. The van der Waals surface area contributed by atoms with Crippen molar-refractivity contribution >= 4 is 23.3 Å². The summed E-state index contributed by atoms with van der Waals surface area (Å²) >= 11 is 1.73. The summed E-state index contributed by atoms with van der Waals surface area (Å²) in [5.41, 5.74) is 3.10. The van der Waals surface area contributed by atoms with Crippen LogP contribution in [-0.4, -0.2) is 39.1 Å². The van der Waals surface area contributed by atoms with Gasteiger partial charge in [0.15, 0.2) is 18.1 Å². The maximum atomic E-state index is 12.5. The third kappa shape index (κ3) is 4.80. The third-order valence-electron chi connectivity index (χ3n) is 4.45. The van der Waals surface area contributed by atoms with E-state index in [1.807, 2.05) is 67.1 Å². The van der Waals surface area contributed by atoms with Gasteiger partial charge in [-0.2, -0.15) is 11.8 Å². The van der Waals surface area contributed by atoms with Crippen molar-refractivity contribution in [1.82, 2.24) is 19.9 Å². The Labute approximate surface area is 163 Å². The van der Waals surface area contributed by atoms with E-state index in [1.165, 1.54) is 5.56 Å². The minimum atomic E-state index is -0.217. The summed E-state index contributed by atoms with van der Waals surface area (Å²) in [6.45, 7) is 4.04. The lowest BCUT2D eigenvalue weighted by molar-refractivity contribution is -0.123. The monoisotopic (exact) mass is 384 g/mol. The van der Waals surface area contributed by atoms with Crippen LogP contribution in [0.2, 0.25) is 0 Å². The molecule has 0 bridgehead atoms. The van der Waals surface area contributed by atoms with Gasteiger partial charge in [0.25, 0.3) is 5.91 Å². The van der Waals surface area contributed by atoms with Crippen molar-refractivity contribution in [3.63, 3.8) is 0 Å². The van der Waals surface area contributed by atoms with Gasteiger partial charge in [-0.05, 0) is 67.7 Å². The summed E-state index contributed by atoms with van der Waals surface area (Å²) in [7, 11) is 0. The van der Waals surface area contributed by atoms with Gasteiger partial charge in [-0.1, -0.05) is 12.1 Å². The first kappa shape index (κ1) is 19.2. The first-order valence-corrected chi connectivity index (χ1v) is 10.3. The highest BCUT2D eigenvalue weighted by Gasteiger charge is 2.20. The average molecular weight is 385 g/mol. The van der Waals surface area contributed by atoms with Gasteiger partial charge in [-0.3, -0.25) is 9.20 Å². The van der Waals surface area contributed by atoms with Crippen molar-refractivity contribution in [3.8, 4) is 5.75 Å². The molecule has 0 saturated carbocycles. The Kier molecular flexibility index (Phi) is 6.34. The molecule has 2 aromatic heterocycles. The van der Waals surface area contributed by atoms with Gasteiger partial charge in [0, 0.05) is 6.20 Å². The molecule has 2 heterocycles. The number of nitrogens with one attached hydrogen (secondary N) is 1. The van der Waals surface area contributed by atoms with Crippen molar-refractivity contribution in [1.29, 1.82) is 0 Å². The van der Waals surface area contributed by atoms with Crippen molar-refractivity contribution < 1.29 is 9.53 Å². The maximum absolute atomic E-state index is 12.5. The van der Waals surface area contributed by atoms with E-state index in [-0.39, 0.29) is 18.6 Å². The van der Waals surface area contributed by atoms with Crippen LogP contribution in [0.1, 0.15) is 29.4 Å². The molecule has 1 N–H and O–H groups in total. The minimum Gasteiger partial charge on any atom is -0.484 e. The van der Waals surface area contributed by atoms with Gasteiger partial charge >= 0.3 is 0 Å². The number of fused-ring (bicyclic) bond motifs is 1. The lowest BCUT2D eigenvalue weighted by Gasteiger charge is -2.17. The van der Waals surface area contributed by atoms with E-state index in [0.29, 0.717) is 5.75 Å². The molecule has 0 aliphatic heterocycles. The molecular formula is C20H24N4O2S. The summed E-state index contributed by atoms with van der Waals surface area (Å²) in [6.07, 6.45) is 4.73. The number of hydrogen-bond acceptors (Lipinski definition) is 5. The molecule has 7 heteroatoms. The number of aromatic nitrogens is 3. The molecule has 1 amide bonds. The first-order valence-electron chi connectivity index (χ1n) is 8.86. The largest absolute Gasteiger partial charge is 0.484 e. The number of carbonyl (C=O) groups excluding carboxylic acids is 1. The second-order valence-electron chi connectivity index (χ2n) is 6.42. The van der Waals surface area contributed by atoms with E-state index in [0.717, 1.165) is 29.2 Å². The zero-order valence-corrected chi connectivity index (χ0v) is 16.6. The lowest BCUT2D eigenvalue weighted by Crippen LogP contribution is -2.34. The van der Waals surface area contributed by atoms with E-state index in [1.54, 1.807) is 11.8 Å². The predicted octanol–water partition coefficient (Wildman–Crippen LogP) is 3.34. The molecule has 1 atom stereocenters. The SMILES string of the molecule is CSCC[C@@H](NC(=O)COc1ccc(C)c(C)c1)c1nnc2ccccn12. The van der Waals surface area contributed by atoms with Crippen molar-refractivity contribution in [3.05, 3.63) is 59.5 Å². The zero-order valence-electron chi connectivity index (χ0n) is 15.8. The number of ether oxygens (including phenoxy) is 1. The molecule has 142 valence electrons. The molecule has 0 radical (unpaired) electrons.